The number of guanidine groups is 1. The number of carbonyl (C=O) groups is 1. The summed E-state index contributed by atoms with van der Waals surface area (Å²) < 4.78 is 5.21. The molecule has 0 atom stereocenters. The Morgan fingerprint density at radius 2 is 2.32 bits per heavy atom. The lowest BCUT2D eigenvalue weighted by Gasteiger charge is -2.12. The van der Waals surface area contributed by atoms with Crippen molar-refractivity contribution in [2.75, 3.05) is 27.2 Å². The largest absolute Gasteiger partial charge is 0.467 e. The molecule has 1 aromatic rings. The summed E-state index contributed by atoms with van der Waals surface area (Å²) in [6.45, 7) is 4.80. The van der Waals surface area contributed by atoms with Crippen molar-refractivity contribution in [3.8, 4) is 0 Å². The fourth-order valence-electron chi connectivity index (χ4n) is 1.22. The van der Waals surface area contributed by atoms with Gasteiger partial charge >= 0.3 is 0 Å². The van der Waals surface area contributed by atoms with E-state index in [0.29, 0.717) is 19.0 Å². The third-order valence-electron chi connectivity index (χ3n) is 2.30. The summed E-state index contributed by atoms with van der Waals surface area (Å²) in [6, 6.07) is 3.68. The van der Waals surface area contributed by atoms with Gasteiger partial charge in [-0.05, 0) is 12.1 Å². The van der Waals surface area contributed by atoms with Crippen molar-refractivity contribution in [3.63, 3.8) is 0 Å². The lowest BCUT2D eigenvalue weighted by Crippen LogP contribution is -2.38. The molecule has 2 N–H and O–H groups in total. The van der Waals surface area contributed by atoms with Crippen molar-refractivity contribution in [2.24, 2.45) is 4.99 Å². The molecule has 0 aliphatic heterocycles. The van der Waals surface area contributed by atoms with Crippen molar-refractivity contribution in [1.82, 2.24) is 15.5 Å². The zero-order valence-electron chi connectivity index (χ0n) is 11.3. The molecule has 6 heteroatoms. The van der Waals surface area contributed by atoms with Crippen molar-refractivity contribution < 1.29 is 9.21 Å². The van der Waals surface area contributed by atoms with E-state index in [2.05, 4.69) is 22.2 Å². The number of amides is 1. The van der Waals surface area contributed by atoms with Crippen molar-refractivity contribution in [3.05, 3.63) is 36.8 Å². The summed E-state index contributed by atoms with van der Waals surface area (Å²) in [5.41, 5.74) is 0. The molecular weight excluding hydrogens is 244 g/mol. The molecule has 0 spiro atoms. The van der Waals surface area contributed by atoms with Crippen LogP contribution in [0.25, 0.3) is 0 Å². The second-order valence-corrected chi connectivity index (χ2v) is 4.06. The van der Waals surface area contributed by atoms with Gasteiger partial charge in [0.05, 0.1) is 12.8 Å². The Kier molecular flexibility index (Phi) is 6.21. The number of aliphatic imine (C=N–C) groups is 1. The van der Waals surface area contributed by atoms with Crippen molar-refractivity contribution in [1.29, 1.82) is 0 Å². The molecule has 0 saturated carbocycles. The first kappa shape index (κ1) is 14.8. The van der Waals surface area contributed by atoms with Gasteiger partial charge in [-0.1, -0.05) is 6.08 Å². The summed E-state index contributed by atoms with van der Waals surface area (Å²) in [4.78, 5) is 17.2. The first-order valence-electron chi connectivity index (χ1n) is 5.99. The molecular formula is C13H20N4O2. The zero-order chi connectivity index (χ0) is 14.1. The molecule has 0 bridgehead atoms. The van der Waals surface area contributed by atoms with Crippen LogP contribution >= 0.6 is 0 Å². The topological polar surface area (TPSA) is 69.9 Å². The lowest BCUT2D eigenvalue weighted by molar-refractivity contribution is -0.127. The van der Waals surface area contributed by atoms with Gasteiger partial charge in [0, 0.05) is 20.6 Å². The summed E-state index contributed by atoms with van der Waals surface area (Å²) in [5.74, 6) is 1.29. The van der Waals surface area contributed by atoms with Crippen molar-refractivity contribution >= 4 is 11.9 Å². The molecule has 0 radical (unpaired) electrons. The second kappa shape index (κ2) is 7.97. The van der Waals surface area contributed by atoms with Crippen LogP contribution in [0.2, 0.25) is 0 Å². The van der Waals surface area contributed by atoms with Crippen LogP contribution in [0.5, 0.6) is 0 Å². The normalized spacial score (nSPS) is 10.9. The summed E-state index contributed by atoms with van der Waals surface area (Å²) in [6.07, 6.45) is 3.33. The van der Waals surface area contributed by atoms with Gasteiger partial charge < -0.3 is 20.0 Å². The smallest absolute Gasteiger partial charge is 0.243 e. The third-order valence-corrected chi connectivity index (χ3v) is 2.30. The number of nitrogens with one attached hydrogen (secondary N) is 2. The Hall–Kier alpha value is -2.24. The van der Waals surface area contributed by atoms with Gasteiger partial charge in [-0.2, -0.15) is 0 Å². The molecule has 0 fully saturated rings. The minimum absolute atomic E-state index is 0.0577. The van der Waals surface area contributed by atoms with Crippen LogP contribution in [-0.2, 0) is 11.3 Å². The highest BCUT2D eigenvalue weighted by Gasteiger charge is 2.04. The molecule has 1 heterocycles. The molecule has 0 saturated heterocycles. The van der Waals surface area contributed by atoms with E-state index in [0.717, 1.165) is 5.76 Å². The molecule has 0 aliphatic carbocycles. The number of rotatable bonds is 6. The molecule has 19 heavy (non-hydrogen) atoms. The summed E-state index contributed by atoms with van der Waals surface area (Å²) in [5, 5.41) is 6.11. The number of nitrogens with zero attached hydrogens (tertiary/aromatic N) is 2. The van der Waals surface area contributed by atoms with E-state index in [1.54, 1.807) is 26.4 Å². The average Bonchev–Trinajstić information content (AvgIpc) is 2.90. The molecule has 0 aliphatic rings. The van der Waals surface area contributed by atoms with Crippen LogP contribution in [0.3, 0.4) is 0 Å². The SMILES string of the molecule is C=CCNC(=NCC(=O)N(C)C)NCc1ccco1. The Bertz CT molecular complexity index is 424. The van der Waals surface area contributed by atoms with Gasteiger partial charge in [0.25, 0.3) is 0 Å². The maximum atomic E-state index is 11.5. The summed E-state index contributed by atoms with van der Waals surface area (Å²) >= 11 is 0. The van der Waals surface area contributed by atoms with Gasteiger partial charge in [-0.15, -0.1) is 6.58 Å². The molecule has 1 amide bonds. The molecule has 104 valence electrons. The van der Waals surface area contributed by atoms with Crippen LogP contribution in [-0.4, -0.2) is 44.0 Å². The minimum atomic E-state index is -0.0577. The quantitative estimate of drug-likeness (QED) is 0.448. The third kappa shape index (κ3) is 5.76. The average molecular weight is 264 g/mol. The predicted octanol–water partition coefficient (Wildman–Crippen LogP) is 0.589. The molecule has 1 rings (SSSR count). The van der Waals surface area contributed by atoms with E-state index in [1.165, 1.54) is 4.90 Å². The Balaban J connectivity index is 2.52. The monoisotopic (exact) mass is 264 g/mol. The fourth-order valence-corrected chi connectivity index (χ4v) is 1.22. The maximum absolute atomic E-state index is 11.5. The summed E-state index contributed by atoms with van der Waals surface area (Å²) in [7, 11) is 3.40. The highest BCUT2D eigenvalue weighted by atomic mass is 16.3. The van der Waals surface area contributed by atoms with E-state index in [1.807, 2.05) is 12.1 Å². The molecule has 0 aromatic carbocycles. The predicted molar refractivity (Wildman–Crippen MR) is 74.7 cm³/mol. The lowest BCUT2D eigenvalue weighted by atomic mass is 10.4. The van der Waals surface area contributed by atoms with Gasteiger partial charge in [0.2, 0.25) is 5.91 Å². The minimum Gasteiger partial charge on any atom is -0.467 e. The zero-order valence-corrected chi connectivity index (χ0v) is 11.3. The Labute approximate surface area is 113 Å². The first-order chi connectivity index (χ1) is 9.13. The van der Waals surface area contributed by atoms with Crippen LogP contribution in [0.15, 0.2) is 40.5 Å². The van der Waals surface area contributed by atoms with E-state index in [4.69, 9.17) is 4.42 Å². The second-order valence-electron chi connectivity index (χ2n) is 4.06. The highest BCUT2D eigenvalue weighted by molar-refractivity contribution is 5.84. The van der Waals surface area contributed by atoms with Crippen LogP contribution in [0.4, 0.5) is 0 Å². The number of likely N-dealkylation sites (N-methyl/N-ethyl adjacent to an activating group) is 1. The van der Waals surface area contributed by atoms with Crippen LogP contribution in [0.1, 0.15) is 5.76 Å². The number of hydrogen-bond donors (Lipinski definition) is 2. The maximum Gasteiger partial charge on any atom is 0.243 e. The molecule has 1 aromatic heterocycles. The van der Waals surface area contributed by atoms with Crippen LogP contribution < -0.4 is 10.6 Å². The van der Waals surface area contributed by atoms with Gasteiger partial charge in [-0.3, -0.25) is 4.79 Å². The van der Waals surface area contributed by atoms with Gasteiger partial charge in [0.1, 0.15) is 12.3 Å². The van der Waals surface area contributed by atoms with Gasteiger partial charge in [0.15, 0.2) is 5.96 Å². The number of furan rings is 1. The van der Waals surface area contributed by atoms with E-state index in [9.17, 15) is 4.79 Å². The standard InChI is InChI=1S/C13H20N4O2/c1-4-7-14-13(16-10-12(18)17(2)3)15-9-11-6-5-8-19-11/h4-6,8H,1,7,9-10H2,2-3H3,(H2,14,15,16). The van der Waals surface area contributed by atoms with Crippen molar-refractivity contribution in [2.45, 2.75) is 6.54 Å². The first-order valence-corrected chi connectivity index (χ1v) is 5.99. The Morgan fingerprint density at radius 1 is 1.53 bits per heavy atom. The molecule has 6 nitrogen and oxygen atoms in total. The fraction of sp³-hybridized carbons (Fsp3) is 0.385. The van der Waals surface area contributed by atoms with Gasteiger partial charge in [-0.25, -0.2) is 4.99 Å². The van der Waals surface area contributed by atoms with Crippen LogP contribution in [0, 0.1) is 0 Å². The highest BCUT2D eigenvalue weighted by Crippen LogP contribution is 1.98. The van der Waals surface area contributed by atoms with E-state index >= 15 is 0 Å². The number of carbonyl (C=O) groups excluding carboxylic acids is 1. The number of hydrogen-bond acceptors (Lipinski definition) is 3. The van der Waals surface area contributed by atoms with E-state index in [-0.39, 0.29) is 12.5 Å². The van der Waals surface area contributed by atoms with E-state index < -0.39 is 0 Å². The molecule has 0 unspecified atom stereocenters. The Morgan fingerprint density at radius 3 is 2.89 bits per heavy atom.